The van der Waals surface area contributed by atoms with Gasteiger partial charge in [0.05, 0.1) is 5.56 Å². The molecule has 0 bridgehead atoms. The zero-order chi connectivity index (χ0) is 23.8. The number of carbonyl (C=O) groups excluding carboxylic acids is 1. The highest BCUT2D eigenvalue weighted by Crippen LogP contribution is 2.28. The summed E-state index contributed by atoms with van der Waals surface area (Å²) in [7, 11) is 0. The monoisotopic (exact) mass is 465 g/mol. The summed E-state index contributed by atoms with van der Waals surface area (Å²) in [4.78, 5) is 33.7. The third-order valence-corrected chi connectivity index (χ3v) is 6.90. The Balaban J connectivity index is 1.68. The van der Waals surface area contributed by atoms with Gasteiger partial charge in [0.15, 0.2) is 0 Å². The molecule has 1 N–H and O–H groups in total. The Hall–Kier alpha value is -2.77. The SMILES string of the molecule is O=C(O)c1ccc2c(c1)CN(CC1CCOCC1)CCCCCCCN2C(=O)c1ccncc1. The maximum absolute atomic E-state index is 13.6. The number of aromatic nitrogens is 1. The van der Waals surface area contributed by atoms with Gasteiger partial charge in [0.1, 0.15) is 0 Å². The van der Waals surface area contributed by atoms with Crippen molar-refractivity contribution in [3.05, 3.63) is 59.4 Å². The van der Waals surface area contributed by atoms with Crippen LogP contribution in [0, 0.1) is 5.92 Å². The molecule has 1 saturated heterocycles. The largest absolute Gasteiger partial charge is 0.478 e. The van der Waals surface area contributed by atoms with E-state index in [1.807, 2.05) is 11.0 Å². The maximum atomic E-state index is 13.6. The highest BCUT2D eigenvalue weighted by Gasteiger charge is 2.24. The van der Waals surface area contributed by atoms with Crippen molar-refractivity contribution < 1.29 is 19.4 Å². The van der Waals surface area contributed by atoms with Crippen LogP contribution in [0.1, 0.15) is 71.2 Å². The zero-order valence-electron chi connectivity index (χ0n) is 19.8. The summed E-state index contributed by atoms with van der Waals surface area (Å²) >= 11 is 0. The standard InChI is InChI=1S/C27H35N3O4/c31-26(22-8-12-28-13-9-22)30-15-5-3-1-2-4-14-29(19-21-10-16-34-17-11-21)20-24-18-23(27(32)33)6-7-25(24)30/h6-9,12-13,18,21H,1-5,10-11,14-17,19-20H2,(H,32,33). The van der Waals surface area contributed by atoms with Gasteiger partial charge in [0.2, 0.25) is 0 Å². The number of carboxylic acids is 1. The number of ether oxygens (including phenoxy) is 1. The van der Waals surface area contributed by atoms with E-state index >= 15 is 0 Å². The number of pyridine rings is 1. The van der Waals surface area contributed by atoms with Crippen LogP contribution >= 0.6 is 0 Å². The fraction of sp³-hybridized carbons (Fsp3) is 0.519. The lowest BCUT2D eigenvalue weighted by molar-refractivity contribution is 0.0510. The molecule has 2 aliphatic rings. The number of carboxylic acid groups (broad SMARTS) is 1. The van der Waals surface area contributed by atoms with Crippen LogP contribution in [0.15, 0.2) is 42.7 Å². The molecule has 2 aliphatic heterocycles. The third-order valence-electron chi connectivity index (χ3n) is 6.90. The van der Waals surface area contributed by atoms with Crippen molar-refractivity contribution >= 4 is 17.6 Å². The Morgan fingerprint density at radius 1 is 0.941 bits per heavy atom. The average Bonchev–Trinajstić information content (AvgIpc) is 2.86. The molecule has 0 atom stereocenters. The minimum Gasteiger partial charge on any atom is -0.478 e. The molecule has 1 aromatic carbocycles. The number of fused-ring (bicyclic) bond motifs is 1. The fourth-order valence-electron chi connectivity index (χ4n) is 5.00. The van der Waals surface area contributed by atoms with Gasteiger partial charge in [0, 0.05) is 56.5 Å². The molecular formula is C27H35N3O4. The molecule has 0 saturated carbocycles. The highest BCUT2D eigenvalue weighted by molar-refractivity contribution is 6.06. The van der Waals surface area contributed by atoms with E-state index in [0.29, 0.717) is 24.6 Å². The fourth-order valence-corrected chi connectivity index (χ4v) is 5.00. The molecule has 0 unspecified atom stereocenters. The van der Waals surface area contributed by atoms with Crippen molar-refractivity contribution in [2.75, 3.05) is 37.7 Å². The van der Waals surface area contributed by atoms with E-state index in [4.69, 9.17) is 4.74 Å². The predicted molar refractivity (Wildman–Crippen MR) is 131 cm³/mol. The summed E-state index contributed by atoms with van der Waals surface area (Å²) in [5, 5.41) is 9.66. The van der Waals surface area contributed by atoms with Crippen LogP contribution in [0.3, 0.4) is 0 Å². The van der Waals surface area contributed by atoms with Gasteiger partial charge in [-0.05, 0) is 74.0 Å². The van der Waals surface area contributed by atoms with Crippen molar-refractivity contribution in [1.29, 1.82) is 0 Å². The molecular weight excluding hydrogens is 430 g/mol. The lowest BCUT2D eigenvalue weighted by Gasteiger charge is -2.32. The number of nitrogens with zero attached hydrogens (tertiary/aromatic N) is 3. The van der Waals surface area contributed by atoms with Crippen LogP contribution < -0.4 is 4.90 Å². The Morgan fingerprint density at radius 3 is 2.38 bits per heavy atom. The van der Waals surface area contributed by atoms with Gasteiger partial charge in [-0.15, -0.1) is 0 Å². The molecule has 7 nitrogen and oxygen atoms in total. The van der Waals surface area contributed by atoms with Gasteiger partial charge in [-0.25, -0.2) is 4.79 Å². The summed E-state index contributed by atoms with van der Waals surface area (Å²) in [5.41, 5.74) is 2.56. The quantitative estimate of drug-likeness (QED) is 0.710. The molecule has 1 fully saturated rings. The van der Waals surface area contributed by atoms with Gasteiger partial charge >= 0.3 is 5.97 Å². The van der Waals surface area contributed by atoms with Gasteiger partial charge in [-0.2, -0.15) is 0 Å². The number of benzene rings is 1. The lowest BCUT2D eigenvalue weighted by atomic mass is 9.98. The summed E-state index contributed by atoms with van der Waals surface area (Å²) < 4.78 is 5.55. The van der Waals surface area contributed by atoms with Crippen molar-refractivity contribution in [1.82, 2.24) is 9.88 Å². The van der Waals surface area contributed by atoms with Gasteiger partial charge in [0.25, 0.3) is 5.91 Å². The van der Waals surface area contributed by atoms with E-state index < -0.39 is 5.97 Å². The van der Waals surface area contributed by atoms with Crippen LogP contribution in [0.25, 0.3) is 0 Å². The van der Waals surface area contributed by atoms with Gasteiger partial charge in [-0.1, -0.05) is 19.3 Å². The van der Waals surface area contributed by atoms with E-state index in [0.717, 1.165) is 76.1 Å². The molecule has 1 aromatic heterocycles. The Kier molecular flexibility index (Phi) is 8.66. The van der Waals surface area contributed by atoms with E-state index in [-0.39, 0.29) is 11.5 Å². The number of hydrogen-bond acceptors (Lipinski definition) is 5. The van der Waals surface area contributed by atoms with Crippen molar-refractivity contribution in [2.24, 2.45) is 5.92 Å². The summed E-state index contributed by atoms with van der Waals surface area (Å²) in [5.74, 6) is -0.431. The van der Waals surface area contributed by atoms with Crippen molar-refractivity contribution in [3.63, 3.8) is 0 Å². The van der Waals surface area contributed by atoms with Crippen LogP contribution in [0.4, 0.5) is 5.69 Å². The second-order valence-electron chi connectivity index (χ2n) is 9.40. The minimum atomic E-state index is -0.947. The van der Waals surface area contributed by atoms with Gasteiger partial charge < -0.3 is 14.7 Å². The topological polar surface area (TPSA) is 83.0 Å². The Labute approximate surface area is 201 Å². The summed E-state index contributed by atoms with van der Waals surface area (Å²) in [6, 6.07) is 8.66. The predicted octanol–water partition coefficient (Wildman–Crippen LogP) is 4.62. The normalized spacial score (nSPS) is 19.0. The number of anilines is 1. The molecule has 34 heavy (non-hydrogen) atoms. The number of hydrogen-bond donors (Lipinski definition) is 1. The number of carbonyl (C=O) groups is 2. The molecule has 1 amide bonds. The highest BCUT2D eigenvalue weighted by atomic mass is 16.5. The Morgan fingerprint density at radius 2 is 1.65 bits per heavy atom. The lowest BCUT2D eigenvalue weighted by Crippen LogP contribution is -2.36. The second kappa shape index (κ2) is 12.1. The number of rotatable bonds is 4. The van der Waals surface area contributed by atoms with Crippen molar-refractivity contribution in [3.8, 4) is 0 Å². The summed E-state index contributed by atoms with van der Waals surface area (Å²) in [6.07, 6.45) is 10.8. The van der Waals surface area contributed by atoms with E-state index in [9.17, 15) is 14.7 Å². The zero-order valence-corrected chi connectivity index (χ0v) is 19.8. The number of amides is 1. The minimum absolute atomic E-state index is 0.0697. The van der Waals surface area contributed by atoms with E-state index in [1.54, 1.807) is 36.7 Å². The van der Waals surface area contributed by atoms with Crippen molar-refractivity contribution in [2.45, 2.75) is 51.5 Å². The maximum Gasteiger partial charge on any atom is 0.335 e. The van der Waals surface area contributed by atoms with E-state index in [1.165, 1.54) is 6.42 Å². The average molecular weight is 466 g/mol. The molecule has 0 spiro atoms. The first-order valence-corrected chi connectivity index (χ1v) is 12.5. The Bertz CT molecular complexity index is 960. The summed E-state index contributed by atoms with van der Waals surface area (Å²) in [6.45, 7) is 4.82. The number of aromatic carboxylic acids is 1. The first-order chi connectivity index (χ1) is 16.6. The van der Waals surface area contributed by atoms with E-state index in [2.05, 4.69) is 9.88 Å². The van der Waals surface area contributed by atoms with Crippen LogP contribution in [-0.2, 0) is 11.3 Å². The molecule has 0 radical (unpaired) electrons. The molecule has 7 heteroatoms. The molecule has 4 rings (SSSR count). The molecule has 3 heterocycles. The third kappa shape index (κ3) is 6.42. The van der Waals surface area contributed by atoms with Crippen LogP contribution in [-0.4, -0.2) is 59.7 Å². The molecule has 2 aromatic rings. The van der Waals surface area contributed by atoms with Gasteiger partial charge in [-0.3, -0.25) is 14.7 Å². The second-order valence-corrected chi connectivity index (χ2v) is 9.40. The molecule has 182 valence electrons. The smallest absolute Gasteiger partial charge is 0.335 e. The molecule has 0 aliphatic carbocycles. The first-order valence-electron chi connectivity index (χ1n) is 12.5. The first kappa shape index (κ1) is 24.4. The van der Waals surface area contributed by atoms with Crippen LogP contribution in [0.5, 0.6) is 0 Å². The van der Waals surface area contributed by atoms with Crippen LogP contribution in [0.2, 0.25) is 0 Å².